The number of amides is 1. The van der Waals surface area contributed by atoms with Crippen LogP contribution in [-0.2, 0) is 0 Å². The molecule has 96 valence electrons. The van der Waals surface area contributed by atoms with Gasteiger partial charge in [-0.25, -0.2) is 0 Å². The Bertz CT molecular complexity index is 640. The Hall–Kier alpha value is -2.23. The van der Waals surface area contributed by atoms with Gasteiger partial charge >= 0.3 is 0 Å². The van der Waals surface area contributed by atoms with Gasteiger partial charge in [-0.1, -0.05) is 29.2 Å². The standard InChI is InChI=1S/C13H12N4OS/c1-9-10(5-3-7-14)4-2-6-11(9)12(18)16-13-17-15-8-19-13/h2,4,6,8H,7,14H2,1H3,(H,16,17,18). The van der Waals surface area contributed by atoms with Crippen molar-refractivity contribution in [1.29, 1.82) is 0 Å². The summed E-state index contributed by atoms with van der Waals surface area (Å²) in [6.07, 6.45) is 0. The first kappa shape index (κ1) is 13.2. The van der Waals surface area contributed by atoms with Crippen molar-refractivity contribution in [3.8, 4) is 11.8 Å². The Morgan fingerprint density at radius 2 is 2.37 bits per heavy atom. The average molecular weight is 272 g/mol. The molecule has 0 atom stereocenters. The van der Waals surface area contributed by atoms with Gasteiger partial charge in [0.05, 0.1) is 6.54 Å². The highest BCUT2D eigenvalue weighted by atomic mass is 32.1. The largest absolute Gasteiger partial charge is 0.320 e. The number of nitrogens with one attached hydrogen (secondary N) is 1. The predicted octanol–water partition coefficient (Wildman–Crippen LogP) is 1.41. The quantitative estimate of drug-likeness (QED) is 0.810. The number of benzene rings is 1. The molecule has 0 aliphatic rings. The van der Waals surface area contributed by atoms with Gasteiger partial charge in [-0.05, 0) is 24.6 Å². The molecular weight excluding hydrogens is 260 g/mol. The summed E-state index contributed by atoms with van der Waals surface area (Å²) in [6.45, 7) is 2.15. The Kier molecular flexibility index (Phi) is 4.23. The lowest BCUT2D eigenvalue weighted by molar-refractivity contribution is 0.102. The minimum Gasteiger partial charge on any atom is -0.320 e. The van der Waals surface area contributed by atoms with E-state index in [2.05, 4.69) is 27.4 Å². The van der Waals surface area contributed by atoms with Gasteiger partial charge in [-0.2, -0.15) is 0 Å². The lowest BCUT2D eigenvalue weighted by atomic mass is 10.0. The second-order valence-electron chi connectivity index (χ2n) is 3.68. The highest BCUT2D eigenvalue weighted by Crippen LogP contribution is 2.16. The Labute approximate surface area is 114 Å². The van der Waals surface area contributed by atoms with Crippen LogP contribution in [0, 0.1) is 18.8 Å². The normalized spacial score (nSPS) is 9.58. The summed E-state index contributed by atoms with van der Waals surface area (Å²) in [6, 6.07) is 5.40. The predicted molar refractivity (Wildman–Crippen MR) is 75.0 cm³/mol. The van der Waals surface area contributed by atoms with E-state index in [9.17, 15) is 4.79 Å². The first-order valence-corrected chi connectivity index (χ1v) is 6.46. The van der Waals surface area contributed by atoms with Crippen molar-refractivity contribution in [3.05, 3.63) is 40.4 Å². The number of nitrogens with two attached hydrogens (primary N) is 1. The number of anilines is 1. The minimum absolute atomic E-state index is 0.217. The summed E-state index contributed by atoms with van der Waals surface area (Å²) in [5.41, 5.74) is 9.10. The van der Waals surface area contributed by atoms with Gasteiger partial charge in [0.15, 0.2) is 0 Å². The summed E-state index contributed by atoms with van der Waals surface area (Å²) in [4.78, 5) is 12.1. The van der Waals surface area contributed by atoms with Crippen molar-refractivity contribution in [2.45, 2.75) is 6.92 Å². The number of aromatic nitrogens is 2. The summed E-state index contributed by atoms with van der Waals surface area (Å²) in [5, 5.41) is 10.6. The van der Waals surface area contributed by atoms with E-state index in [0.29, 0.717) is 17.2 Å². The van der Waals surface area contributed by atoms with Crippen molar-refractivity contribution in [3.63, 3.8) is 0 Å². The molecule has 0 unspecified atom stereocenters. The first-order chi connectivity index (χ1) is 9.22. The van der Waals surface area contributed by atoms with E-state index in [1.165, 1.54) is 11.3 Å². The second kappa shape index (κ2) is 6.09. The van der Waals surface area contributed by atoms with Crippen molar-refractivity contribution in [1.82, 2.24) is 10.2 Å². The van der Waals surface area contributed by atoms with E-state index in [1.54, 1.807) is 17.6 Å². The molecule has 0 radical (unpaired) electrons. The average Bonchev–Trinajstić information content (AvgIpc) is 2.90. The number of rotatable bonds is 2. The topological polar surface area (TPSA) is 80.9 Å². The van der Waals surface area contributed by atoms with Crippen LogP contribution in [0.2, 0.25) is 0 Å². The fourth-order valence-corrected chi connectivity index (χ4v) is 2.00. The van der Waals surface area contributed by atoms with Crippen LogP contribution >= 0.6 is 11.3 Å². The lowest BCUT2D eigenvalue weighted by Crippen LogP contribution is -2.13. The molecule has 1 aromatic heterocycles. The maximum Gasteiger partial charge on any atom is 0.257 e. The molecule has 5 nitrogen and oxygen atoms in total. The van der Waals surface area contributed by atoms with Crippen LogP contribution in [0.1, 0.15) is 21.5 Å². The molecule has 3 N–H and O–H groups in total. The molecule has 1 aromatic carbocycles. The van der Waals surface area contributed by atoms with Gasteiger partial charge in [0.25, 0.3) is 5.91 Å². The van der Waals surface area contributed by atoms with Crippen molar-refractivity contribution in [2.75, 3.05) is 11.9 Å². The number of hydrogen-bond donors (Lipinski definition) is 2. The van der Waals surface area contributed by atoms with Gasteiger partial charge in [0.1, 0.15) is 5.51 Å². The molecule has 0 bridgehead atoms. The zero-order chi connectivity index (χ0) is 13.7. The van der Waals surface area contributed by atoms with Gasteiger partial charge in [0, 0.05) is 11.1 Å². The smallest absolute Gasteiger partial charge is 0.257 e. The van der Waals surface area contributed by atoms with E-state index >= 15 is 0 Å². The fraction of sp³-hybridized carbons (Fsp3) is 0.154. The van der Waals surface area contributed by atoms with Crippen LogP contribution < -0.4 is 11.1 Å². The maximum atomic E-state index is 12.1. The maximum absolute atomic E-state index is 12.1. The Balaban J connectivity index is 2.27. The molecular formula is C13H12N4OS. The van der Waals surface area contributed by atoms with E-state index in [4.69, 9.17) is 5.73 Å². The Morgan fingerprint density at radius 3 is 3.05 bits per heavy atom. The third-order valence-corrected chi connectivity index (χ3v) is 3.09. The number of carbonyl (C=O) groups excluding carboxylic acids is 1. The fourth-order valence-electron chi connectivity index (χ4n) is 1.56. The van der Waals surface area contributed by atoms with Crippen LogP contribution in [0.15, 0.2) is 23.7 Å². The SMILES string of the molecule is Cc1c(C#CCN)cccc1C(=O)Nc1nncs1. The van der Waals surface area contributed by atoms with Crippen molar-refractivity contribution < 1.29 is 4.79 Å². The van der Waals surface area contributed by atoms with Crippen LogP contribution in [0.3, 0.4) is 0 Å². The van der Waals surface area contributed by atoms with Gasteiger partial charge in [-0.3, -0.25) is 10.1 Å². The molecule has 1 heterocycles. The summed E-state index contributed by atoms with van der Waals surface area (Å²) in [5.74, 6) is 5.51. The molecule has 0 saturated carbocycles. The van der Waals surface area contributed by atoms with Crippen LogP contribution in [0.5, 0.6) is 0 Å². The molecule has 0 saturated heterocycles. The van der Waals surface area contributed by atoms with E-state index in [0.717, 1.165) is 11.1 Å². The lowest BCUT2D eigenvalue weighted by Gasteiger charge is -2.06. The third kappa shape index (κ3) is 3.16. The number of hydrogen-bond acceptors (Lipinski definition) is 5. The number of carbonyl (C=O) groups is 1. The van der Waals surface area contributed by atoms with Crippen LogP contribution in [0.25, 0.3) is 0 Å². The van der Waals surface area contributed by atoms with Gasteiger partial charge in [-0.15, -0.1) is 10.2 Å². The molecule has 1 amide bonds. The minimum atomic E-state index is -0.217. The van der Waals surface area contributed by atoms with Crippen molar-refractivity contribution >= 4 is 22.4 Å². The molecule has 19 heavy (non-hydrogen) atoms. The second-order valence-corrected chi connectivity index (χ2v) is 4.52. The van der Waals surface area contributed by atoms with Crippen LogP contribution in [-0.4, -0.2) is 22.6 Å². The van der Waals surface area contributed by atoms with E-state index in [1.807, 2.05) is 13.0 Å². The monoisotopic (exact) mass is 272 g/mol. The van der Waals surface area contributed by atoms with Crippen LogP contribution in [0.4, 0.5) is 5.13 Å². The third-order valence-electron chi connectivity index (χ3n) is 2.48. The molecule has 0 aliphatic carbocycles. The zero-order valence-electron chi connectivity index (χ0n) is 10.3. The number of nitrogens with zero attached hydrogens (tertiary/aromatic N) is 2. The van der Waals surface area contributed by atoms with Gasteiger partial charge < -0.3 is 5.73 Å². The highest BCUT2D eigenvalue weighted by molar-refractivity contribution is 7.13. The zero-order valence-corrected chi connectivity index (χ0v) is 11.1. The molecule has 2 aromatic rings. The highest BCUT2D eigenvalue weighted by Gasteiger charge is 2.12. The Morgan fingerprint density at radius 1 is 1.53 bits per heavy atom. The molecule has 6 heteroatoms. The molecule has 2 rings (SSSR count). The molecule has 0 fully saturated rings. The summed E-state index contributed by atoms with van der Waals surface area (Å²) in [7, 11) is 0. The molecule has 0 aliphatic heterocycles. The molecule has 0 spiro atoms. The van der Waals surface area contributed by atoms with Crippen molar-refractivity contribution in [2.24, 2.45) is 5.73 Å². The summed E-state index contributed by atoms with van der Waals surface area (Å²) < 4.78 is 0. The first-order valence-electron chi connectivity index (χ1n) is 5.58. The van der Waals surface area contributed by atoms with E-state index in [-0.39, 0.29) is 5.91 Å². The van der Waals surface area contributed by atoms with E-state index < -0.39 is 0 Å². The summed E-state index contributed by atoms with van der Waals surface area (Å²) >= 11 is 1.27. The van der Waals surface area contributed by atoms with Gasteiger partial charge in [0.2, 0.25) is 5.13 Å².